The van der Waals surface area contributed by atoms with Crippen molar-refractivity contribution in [2.24, 2.45) is 0 Å². The van der Waals surface area contributed by atoms with Gasteiger partial charge in [0.1, 0.15) is 5.65 Å². The molecule has 0 radical (unpaired) electrons. The second kappa shape index (κ2) is 7.17. The van der Waals surface area contributed by atoms with Gasteiger partial charge < -0.3 is 4.40 Å². The molecular weight excluding hydrogens is 415 g/mol. The van der Waals surface area contributed by atoms with Crippen LogP contribution < -0.4 is 4.72 Å². The fraction of sp³-hybridized carbons (Fsp3) is 0.0952. The van der Waals surface area contributed by atoms with Crippen molar-refractivity contribution in [1.82, 2.24) is 9.38 Å². The maximum absolute atomic E-state index is 12.7. The van der Waals surface area contributed by atoms with E-state index in [-0.39, 0.29) is 4.90 Å². The number of aromatic nitrogens is 2. The van der Waals surface area contributed by atoms with Crippen LogP contribution in [0, 0.1) is 6.92 Å². The van der Waals surface area contributed by atoms with Crippen LogP contribution in [-0.4, -0.2) is 17.8 Å². The minimum Gasteiger partial charge on any atom is -0.306 e. The fourth-order valence-electron chi connectivity index (χ4n) is 3.04. The van der Waals surface area contributed by atoms with Crippen LogP contribution in [0.25, 0.3) is 16.9 Å². The van der Waals surface area contributed by atoms with Crippen LogP contribution >= 0.6 is 0 Å². The van der Waals surface area contributed by atoms with Crippen LogP contribution in [0.1, 0.15) is 11.1 Å². The van der Waals surface area contributed by atoms with Crippen molar-refractivity contribution in [3.63, 3.8) is 0 Å². The number of halogens is 3. The third kappa shape index (κ3) is 3.88. The van der Waals surface area contributed by atoms with Gasteiger partial charge in [0.25, 0.3) is 10.0 Å². The van der Waals surface area contributed by atoms with E-state index in [9.17, 15) is 21.6 Å². The zero-order chi connectivity index (χ0) is 21.5. The molecular formula is C21H16F3N3O2S. The number of nitrogens with zero attached hydrogens (tertiary/aromatic N) is 2. The Morgan fingerprint density at radius 1 is 0.967 bits per heavy atom. The molecule has 0 atom stereocenters. The number of alkyl halides is 3. The molecule has 0 aliphatic heterocycles. The lowest BCUT2D eigenvalue weighted by molar-refractivity contribution is -0.137. The molecule has 30 heavy (non-hydrogen) atoms. The largest absolute Gasteiger partial charge is 0.416 e. The summed E-state index contributed by atoms with van der Waals surface area (Å²) in [4.78, 5) is 4.34. The van der Waals surface area contributed by atoms with Crippen molar-refractivity contribution in [3.8, 4) is 11.3 Å². The minimum atomic E-state index is -4.53. The van der Waals surface area contributed by atoms with E-state index in [0.29, 0.717) is 5.69 Å². The average Bonchev–Trinajstić information content (AvgIpc) is 3.13. The van der Waals surface area contributed by atoms with E-state index in [0.717, 1.165) is 46.7 Å². The van der Waals surface area contributed by atoms with E-state index >= 15 is 0 Å². The fourth-order valence-corrected chi connectivity index (χ4v) is 4.10. The van der Waals surface area contributed by atoms with Crippen LogP contribution in [0.2, 0.25) is 0 Å². The predicted octanol–water partition coefficient (Wildman–Crippen LogP) is 5.13. The highest BCUT2D eigenvalue weighted by Gasteiger charge is 2.30. The molecule has 0 saturated heterocycles. The second-order valence-corrected chi connectivity index (χ2v) is 8.44. The Bertz CT molecular complexity index is 1310. The summed E-state index contributed by atoms with van der Waals surface area (Å²) in [7, 11) is -4.02. The van der Waals surface area contributed by atoms with E-state index in [1.165, 1.54) is 0 Å². The monoisotopic (exact) mass is 431 g/mol. The van der Waals surface area contributed by atoms with E-state index in [1.807, 2.05) is 35.9 Å². The summed E-state index contributed by atoms with van der Waals surface area (Å²) >= 11 is 0. The van der Waals surface area contributed by atoms with E-state index < -0.39 is 21.8 Å². The summed E-state index contributed by atoms with van der Waals surface area (Å²) in [6.07, 6.45) is -0.753. The highest BCUT2D eigenvalue weighted by Crippen LogP contribution is 2.30. The molecule has 0 aliphatic rings. The number of fused-ring (bicyclic) bond motifs is 1. The summed E-state index contributed by atoms with van der Waals surface area (Å²) in [6, 6.07) is 13.8. The molecule has 0 fully saturated rings. The maximum Gasteiger partial charge on any atom is 0.416 e. The average molecular weight is 431 g/mol. The molecule has 154 valence electrons. The minimum absolute atomic E-state index is 0.254. The molecule has 0 unspecified atom stereocenters. The van der Waals surface area contributed by atoms with Gasteiger partial charge in [-0.3, -0.25) is 4.72 Å². The first kappa shape index (κ1) is 20.0. The molecule has 0 spiro atoms. The zero-order valence-electron chi connectivity index (χ0n) is 15.7. The number of pyridine rings is 1. The van der Waals surface area contributed by atoms with Crippen molar-refractivity contribution in [3.05, 3.63) is 84.2 Å². The van der Waals surface area contributed by atoms with Gasteiger partial charge in [-0.25, -0.2) is 13.4 Å². The molecule has 0 bridgehead atoms. The van der Waals surface area contributed by atoms with E-state index in [4.69, 9.17) is 0 Å². The van der Waals surface area contributed by atoms with Crippen molar-refractivity contribution < 1.29 is 21.6 Å². The Morgan fingerprint density at radius 3 is 2.23 bits per heavy atom. The molecule has 0 amide bonds. The molecule has 9 heteroatoms. The number of aryl methyl sites for hydroxylation is 1. The first-order chi connectivity index (χ1) is 14.1. The third-order valence-electron chi connectivity index (χ3n) is 4.60. The molecule has 5 nitrogen and oxygen atoms in total. The normalized spacial score (nSPS) is 12.3. The number of sulfonamides is 1. The van der Waals surface area contributed by atoms with Crippen molar-refractivity contribution in [1.29, 1.82) is 0 Å². The lowest BCUT2D eigenvalue weighted by Gasteiger charge is -2.10. The van der Waals surface area contributed by atoms with Gasteiger partial charge in [0.15, 0.2) is 0 Å². The highest BCUT2D eigenvalue weighted by molar-refractivity contribution is 7.92. The second-order valence-electron chi connectivity index (χ2n) is 6.75. The van der Waals surface area contributed by atoms with Crippen LogP contribution in [-0.2, 0) is 16.2 Å². The Kier molecular flexibility index (Phi) is 4.77. The Balaban J connectivity index is 1.56. The zero-order valence-corrected chi connectivity index (χ0v) is 16.5. The standard InChI is InChI=1S/C21H16F3N3O2S/c1-14-3-2-12-27-13-19(25-20(14)27)15-4-8-17(9-5-15)26-30(28,29)18-10-6-16(7-11-18)21(22,23)24/h2-13,26H,1H3. The maximum atomic E-state index is 12.7. The van der Waals surface area contributed by atoms with Gasteiger partial charge in [0.2, 0.25) is 0 Å². The van der Waals surface area contributed by atoms with Gasteiger partial charge in [0, 0.05) is 23.6 Å². The van der Waals surface area contributed by atoms with Gasteiger partial charge in [-0.1, -0.05) is 18.2 Å². The number of imidazole rings is 1. The molecule has 2 heterocycles. The topological polar surface area (TPSA) is 63.5 Å². The number of hydrogen-bond acceptors (Lipinski definition) is 3. The van der Waals surface area contributed by atoms with E-state index in [1.54, 1.807) is 24.3 Å². The number of benzene rings is 2. The number of rotatable bonds is 4. The number of nitrogens with one attached hydrogen (secondary N) is 1. The number of hydrogen-bond donors (Lipinski definition) is 1. The van der Waals surface area contributed by atoms with Crippen molar-refractivity contribution in [2.45, 2.75) is 18.0 Å². The SMILES string of the molecule is Cc1cccn2cc(-c3ccc(NS(=O)(=O)c4ccc(C(F)(F)F)cc4)cc3)nc12. The van der Waals surface area contributed by atoms with Crippen LogP contribution in [0.5, 0.6) is 0 Å². The van der Waals surface area contributed by atoms with Crippen LogP contribution in [0.4, 0.5) is 18.9 Å². The lowest BCUT2D eigenvalue weighted by Crippen LogP contribution is -2.13. The summed E-state index contributed by atoms with van der Waals surface area (Å²) < 4.78 is 67.2. The summed E-state index contributed by atoms with van der Waals surface area (Å²) in [6.45, 7) is 1.96. The summed E-state index contributed by atoms with van der Waals surface area (Å²) in [5.74, 6) is 0. The Hall–Kier alpha value is -3.33. The molecule has 1 N–H and O–H groups in total. The third-order valence-corrected chi connectivity index (χ3v) is 6.00. The number of anilines is 1. The van der Waals surface area contributed by atoms with Gasteiger partial charge in [-0.15, -0.1) is 0 Å². The van der Waals surface area contributed by atoms with E-state index in [2.05, 4.69) is 9.71 Å². The van der Waals surface area contributed by atoms with Crippen LogP contribution in [0.15, 0.2) is 78.0 Å². The van der Waals surface area contributed by atoms with Crippen molar-refractivity contribution in [2.75, 3.05) is 4.72 Å². The van der Waals surface area contributed by atoms with Crippen LogP contribution in [0.3, 0.4) is 0 Å². The molecule has 4 rings (SSSR count). The summed E-state index contributed by atoms with van der Waals surface area (Å²) in [5, 5.41) is 0. The lowest BCUT2D eigenvalue weighted by atomic mass is 10.1. The smallest absolute Gasteiger partial charge is 0.306 e. The summed E-state index contributed by atoms with van der Waals surface area (Å²) in [5.41, 5.74) is 2.79. The molecule has 4 aromatic rings. The molecule has 0 aliphatic carbocycles. The highest BCUT2D eigenvalue weighted by atomic mass is 32.2. The van der Waals surface area contributed by atoms with Gasteiger partial charge in [-0.05, 0) is 55.0 Å². The molecule has 2 aromatic carbocycles. The van der Waals surface area contributed by atoms with Gasteiger partial charge in [0.05, 0.1) is 16.2 Å². The molecule has 0 saturated carbocycles. The first-order valence-electron chi connectivity index (χ1n) is 8.88. The van der Waals surface area contributed by atoms with Crippen molar-refractivity contribution >= 4 is 21.4 Å². The Labute approximate surface area is 170 Å². The Morgan fingerprint density at radius 2 is 1.63 bits per heavy atom. The first-order valence-corrected chi connectivity index (χ1v) is 10.4. The molecule has 2 aromatic heterocycles. The van der Waals surface area contributed by atoms with Gasteiger partial charge >= 0.3 is 6.18 Å². The predicted molar refractivity (Wildman–Crippen MR) is 108 cm³/mol. The van der Waals surface area contributed by atoms with Gasteiger partial charge in [-0.2, -0.15) is 13.2 Å². The quantitative estimate of drug-likeness (QED) is 0.487.